The van der Waals surface area contributed by atoms with E-state index in [1.54, 1.807) is 23.7 Å². The van der Waals surface area contributed by atoms with E-state index in [0.29, 0.717) is 0 Å². The smallest absolute Gasteiger partial charge is 0.138 e. The van der Waals surface area contributed by atoms with Gasteiger partial charge in [-0.05, 0) is 47.3 Å². The van der Waals surface area contributed by atoms with Gasteiger partial charge >= 0.3 is 0 Å². The van der Waals surface area contributed by atoms with Crippen LogP contribution in [0.4, 0.5) is 5.69 Å². The molecule has 0 unspecified atom stereocenters. The maximum atomic E-state index is 6.13. The molecular formula is C35H27N2OPS2. The minimum atomic E-state index is -2.43. The molecule has 0 bridgehead atoms. The quantitative estimate of drug-likeness (QED) is 0.125. The van der Waals surface area contributed by atoms with Crippen LogP contribution in [0.15, 0.2) is 160 Å². The first-order valence-corrected chi connectivity index (χ1v) is 16.6. The number of aromatic nitrogens is 1. The van der Waals surface area contributed by atoms with E-state index in [-0.39, 0.29) is 0 Å². The highest BCUT2D eigenvalue weighted by Gasteiger charge is 2.27. The van der Waals surface area contributed by atoms with Gasteiger partial charge in [-0.25, -0.2) is 0 Å². The zero-order valence-corrected chi connectivity index (χ0v) is 24.7. The lowest BCUT2D eigenvalue weighted by molar-refractivity contribution is 0.647. The topological polar surface area (TPSA) is 34.5 Å². The monoisotopic (exact) mass is 586 g/mol. The van der Waals surface area contributed by atoms with E-state index in [0.717, 1.165) is 26.8 Å². The third kappa shape index (κ3) is 6.28. The number of nitrogens with zero attached hydrogens (tertiary/aromatic N) is 2. The molecule has 41 heavy (non-hydrogen) atoms. The number of benzene rings is 4. The van der Waals surface area contributed by atoms with Gasteiger partial charge in [-0.3, -0.25) is 9.73 Å². The molecule has 0 fully saturated rings. The van der Waals surface area contributed by atoms with E-state index in [2.05, 4.69) is 132 Å². The second-order valence-corrected chi connectivity index (χ2v) is 14.2. The SMILES string of the molecule is C(=C\c1cc(OSc2cccs2)ccc1N=P(c1ccccc1)(c1ccccc1)c1ccccc1)/c1ccncc1. The molecule has 6 rings (SSSR count). The van der Waals surface area contributed by atoms with Gasteiger partial charge in [0.25, 0.3) is 0 Å². The van der Waals surface area contributed by atoms with Crippen molar-refractivity contribution in [2.45, 2.75) is 4.21 Å². The van der Waals surface area contributed by atoms with E-state index >= 15 is 0 Å². The Kier molecular flexibility index (Phi) is 8.58. The van der Waals surface area contributed by atoms with Crippen molar-refractivity contribution in [2.75, 3.05) is 0 Å². The first kappa shape index (κ1) is 27.0. The first-order chi connectivity index (χ1) is 20.3. The zero-order chi connectivity index (χ0) is 27.7. The minimum Gasteiger partial charge on any atom is -0.420 e. The van der Waals surface area contributed by atoms with Crippen molar-refractivity contribution in [3.8, 4) is 5.75 Å². The molecular weight excluding hydrogens is 560 g/mol. The van der Waals surface area contributed by atoms with Crippen molar-refractivity contribution >= 4 is 64.2 Å². The predicted octanol–water partition coefficient (Wildman–Crippen LogP) is 9.21. The van der Waals surface area contributed by atoms with Crippen molar-refractivity contribution in [1.82, 2.24) is 4.98 Å². The zero-order valence-electron chi connectivity index (χ0n) is 22.2. The Morgan fingerprint density at radius 3 is 1.83 bits per heavy atom. The normalized spacial score (nSPS) is 11.4. The fourth-order valence-electron chi connectivity index (χ4n) is 4.58. The summed E-state index contributed by atoms with van der Waals surface area (Å²) in [7, 11) is -2.43. The molecule has 3 nitrogen and oxygen atoms in total. The first-order valence-electron chi connectivity index (χ1n) is 13.2. The summed E-state index contributed by atoms with van der Waals surface area (Å²) < 4.78 is 13.0. The van der Waals surface area contributed by atoms with Gasteiger partial charge in [0.15, 0.2) is 0 Å². The molecule has 200 valence electrons. The molecule has 4 aromatic carbocycles. The van der Waals surface area contributed by atoms with Crippen molar-refractivity contribution < 1.29 is 4.18 Å². The van der Waals surface area contributed by atoms with Crippen LogP contribution >= 0.6 is 30.4 Å². The second-order valence-electron chi connectivity index (χ2n) is 9.18. The van der Waals surface area contributed by atoms with Crippen molar-refractivity contribution in [1.29, 1.82) is 0 Å². The van der Waals surface area contributed by atoms with Gasteiger partial charge < -0.3 is 4.18 Å². The molecule has 0 aliphatic carbocycles. The number of hydrogen-bond acceptors (Lipinski definition) is 5. The molecule has 2 heterocycles. The van der Waals surface area contributed by atoms with Crippen LogP contribution in [-0.4, -0.2) is 4.98 Å². The van der Waals surface area contributed by atoms with E-state index in [9.17, 15) is 0 Å². The average Bonchev–Trinajstić information content (AvgIpc) is 3.58. The second kappa shape index (κ2) is 13.0. The fourth-order valence-corrected chi connectivity index (χ4v) is 9.43. The van der Waals surface area contributed by atoms with Crippen molar-refractivity contribution in [2.24, 2.45) is 4.74 Å². The molecule has 0 amide bonds. The van der Waals surface area contributed by atoms with Gasteiger partial charge in [0, 0.05) is 33.9 Å². The molecule has 0 N–H and O–H groups in total. The molecule has 2 aromatic heterocycles. The highest BCUT2D eigenvalue weighted by molar-refractivity contribution is 7.97. The molecule has 0 aliphatic heterocycles. The van der Waals surface area contributed by atoms with Crippen LogP contribution < -0.4 is 20.1 Å². The van der Waals surface area contributed by atoms with E-state index in [4.69, 9.17) is 8.93 Å². The predicted molar refractivity (Wildman–Crippen MR) is 178 cm³/mol. The summed E-state index contributed by atoms with van der Waals surface area (Å²) in [6, 6.07) is 46.3. The largest absolute Gasteiger partial charge is 0.420 e. The summed E-state index contributed by atoms with van der Waals surface area (Å²) in [5, 5.41) is 5.66. The molecule has 6 heteroatoms. The number of hydrogen-bond donors (Lipinski definition) is 0. The molecule has 0 saturated heterocycles. The highest BCUT2D eigenvalue weighted by atomic mass is 32.2. The Hall–Kier alpha value is -4.15. The third-order valence-electron chi connectivity index (χ3n) is 6.52. The standard InChI is InChI=1S/C35H27N2OPS2/c1-4-11-31(12-5-1)39(32-13-6-2-7-14-32,33-15-8-3-9-16-33)37-34-21-20-30(38-41-35-17-10-26-40-35)27-29(34)19-18-28-22-24-36-25-23-28/h1-27H/b19-18+. The maximum absolute atomic E-state index is 6.13. The average molecular weight is 587 g/mol. The molecule has 6 aromatic rings. The Balaban J connectivity index is 1.57. The molecule has 0 saturated carbocycles. The van der Waals surface area contributed by atoms with Gasteiger partial charge in [-0.2, -0.15) is 0 Å². The molecule has 0 atom stereocenters. The summed E-state index contributed by atoms with van der Waals surface area (Å²) in [4.78, 5) is 4.16. The Morgan fingerprint density at radius 1 is 0.659 bits per heavy atom. The third-order valence-corrected chi connectivity index (χ3v) is 11.9. The Bertz CT molecular complexity index is 1670. The van der Waals surface area contributed by atoms with E-state index in [1.807, 2.05) is 24.3 Å². The van der Waals surface area contributed by atoms with E-state index < -0.39 is 7.05 Å². The van der Waals surface area contributed by atoms with Gasteiger partial charge in [0.05, 0.1) is 12.7 Å². The lowest BCUT2D eigenvalue weighted by Gasteiger charge is -2.27. The van der Waals surface area contributed by atoms with Gasteiger partial charge in [-0.1, -0.05) is 109 Å². The fraction of sp³-hybridized carbons (Fsp3) is 0. The molecule has 0 radical (unpaired) electrons. The Labute approximate surface area is 249 Å². The lowest BCUT2D eigenvalue weighted by Crippen LogP contribution is -2.25. The van der Waals surface area contributed by atoms with Crippen LogP contribution in [0.5, 0.6) is 5.75 Å². The van der Waals surface area contributed by atoms with Crippen molar-refractivity contribution in [3.63, 3.8) is 0 Å². The van der Waals surface area contributed by atoms with Gasteiger partial charge in [0.2, 0.25) is 0 Å². The van der Waals surface area contributed by atoms with Crippen molar-refractivity contribution in [3.05, 3.63) is 162 Å². The number of rotatable bonds is 9. The van der Waals surface area contributed by atoms with E-state index in [1.165, 1.54) is 28.0 Å². The lowest BCUT2D eigenvalue weighted by atomic mass is 10.1. The van der Waals surface area contributed by atoms with Crippen LogP contribution in [0, 0.1) is 0 Å². The maximum Gasteiger partial charge on any atom is 0.138 e. The summed E-state index contributed by atoms with van der Waals surface area (Å²) in [6.07, 6.45) is 7.82. The van der Waals surface area contributed by atoms with Crippen LogP contribution in [-0.2, 0) is 0 Å². The van der Waals surface area contributed by atoms with Crippen LogP contribution in [0.2, 0.25) is 0 Å². The van der Waals surface area contributed by atoms with Crippen LogP contribution in [0.25, 0.3) is 12.2 Å². The number of pyridine rings is 1. The van der Waals surface area contributed by atoms with Crippen LogP contribution in [0.1, 0.15) is 11.1 Å². The summed E-state index contributed by atoms with van der Waals surface area (Å²) in [5.74, 6) is 0.778. The molecule has 0 spiro atoms. The summed E-state index contributed by atoms with van der Waals surface area (Å²) in [5.41, 5.74) is 2.97. The highest BCUT2D eigenvalue weighted by Crippen LogP contribution is 2.50. The van der Waals surface area contributed by atoms with Crippen LogP contribution in [0.3, 0.4) is 0 Å². The minimum absolute atomic E-state index is 0.778. The summed E-state index contributed by atoms with van der Waals surface area (Å²) >= 11 is 3.04. The summed E-state index contributed by atoms with van der Waals surface area (Å²) in [6.45, 7) is 0. The van der Waals surface area contributed by atoms with Gasteiger partial charge in [0.1, 0.15) is 22.0 Å². The Morgan fingerprint density at radius 2 is 1.27 bits per heavy atom. The molecule has 0 aliphatic rings. The van der Waals surface area contributed by atoms with Gasteiger partial charge in [-0.15, -0.1) is 11.3 Å². The number of thiophene rings is 1.